The maximum atomic E-state index is 4.65. The standard InChI is InChI=1S/C19H30N6/c1-5-20-19(22-11-9-18-8-7-15(2)23-14-18)21-10-6-12-25-17(4)13-16(3)24-25/h7-8,13-14H,5-6,9-12H2,1-4H3,(H2,20,21,22). The van der Waals surface area contributed by atoms with Crippen molar-refractivity contribution in [2.45, 2.75) is 47.1 Å². The first-order valence-electron chi connectivity index (χ1n) is 9.03. The summed E-state index contributed by atoms with van der Waals surface area (Å²) in [5, 5.41) is 11.2. The summed E-state index contributed by atoms with van der Waals surface area (Å²) in [4.78, 5) is 8.98. The molecule has 2 aromatic heterocycles. The lowest BCUT2D eigenvalue weighted by molar-refractivity contribution is 0.567. The van der Waals surface area contributed by atoms with Crippen LogP contribution in [0.3, 0.4) is 0 Å². The number of rotatable bonds is 8. The van der Waals surface area contributed by atoms with Crippen molar-refractivity contribution in [1.82, 2.24) is 25.4 Å². The molecule has 0 fully saturated rings. The van der Waals surface area contributed by atoms with Gasteiger partial charge in [-0.2, -0.15) is 5.10 Å². The molecular weight excluding hydrogens is 312 g/mol. The maximum absolute atomic E-state index is 4.65. The van der Waals surface area contributed by atoms with Crippen molar-refractivity contribution in [3.8, 4) is 0 Å². The lowest BCUT2D eigenvalue weighted by atomic mass is 10.2. The average Bonchev–Trinajstić information content (AvgIpc) is 2.91. The summed E-state index contributed by atoms with van der Waals surface area (Å²) in [6.45, 7) is 11.6. The van der Waals surface area contributed by atoms with Crippen molar-refractivity contribution in [2.24, 2.45) is 4.99 Å². The summed E-state index contributed by atoms with van der Waals surface area (Å²) in [5.74, 6) is 0.871. The third-order valence-corrected chi connectivity index (χ3v) is 3.92. The van der Waals surface area contributed by atoms with E-state index in [1.807, 2.05) is 26.1 Å². The number of pyridine rings is 1. The Labute approximate surface area is 150 Å². The molecular formula is C19H30N6. The number of aliphatic imine (C=N–C) groups is 1. The van der Waals surface area contributed by atoms with Crippen LogP contribution in [0.2, 0.25) is 0 Å². The quantitative estimate of drug-likeness (QED) is 0.439. The number of hydrogen-bond donors (Lipinski definition) is 2. The van der Waals surface area contributed by atoms with E-state index in [1.165, 1.54) is 11.3 Å². The molecule has 0 unspecified atom stereocenters. The first-order chi connectivity index (χ1) is 12.1. The highest BCUT2D eigenvalue weighted by Crippen LogP contribution is 2.02. The molecule has 0 amide bonds. The summed E-state index contributed by atoms with van der Waals surface area (Å²) in [5.41, 5.74) is 4.56. The third kappa shape index (κ3) is 6.57. The van der Waals surface area contributed by atoms with Gasteiger partial charge in [0.25, 0.3) is 0 Å². The number of aromatic nitrogens is 3. The molecule has 2 heterocycles. The minimum absolute atomic E-state index is 0.778. The molecule has 2 N–H and O–H groups in total. The molecule has 0 atom stereocenters. The molecule has 0 aromatic carbocycles. The van der Waals surface area contributed by atoms with Crippen LogP contribution in [0.4, 0.5) is 0 Å². The second-order valence-electron chi connectivity index (χ2n) is 6.25. The highest BCUT2D eigenvalue weighted by molar-refractivity contribution is 5.79. The monoisotopic (exact) mass is 342 g/mol. The van der Waals surface area contributed by atoms with Crippen LogP contribution in [0.5, 0.6) is 0 Å². The van der Waals surface area contributed by atoms with Crippen LogP contribution in [0.1, 0.15) is 36.0 Å². The molecule has 25 heavy (non-hydrogen) atoms. The fourth-order valence-electron chi connectivity index (χ4n) is 2.63. The van der Waals surface area contributed by atoms with Gasteiger partial charge >= 0.3 is 0 Å². The Morgan fingerprint density at radius 2 is 2.00 bits per heavy atom. The minimum atomic E-state index is 0.778. The summed E-state index contributed by atoms with van der Waals surface area (Å²) < 4.78 is 2.05. The van der Waals surface area contributed by atoms with Gasteiger partial charge in [0.15, 0.2) is 5.96 Å². The zero-order chi connectivity index (χ0) is 18.1. The lowest BCUT2D eigenvalue weighted by Crippen LogP contribution is -2.38. The molecule has 136 valence electrons. The predicted octanol–water partition coefficient (Wildman–Crippen LogP) is 2.39. The Hall–Kier alpha value is -2.37. The van der Waals surface area contributed by atoms with Crippen molar-refractivity contribution in [3.05, 3.63) is 47.0 Å². The van der Waals surface area contributed by atoms with Gasteiger partial charge in [-0.1, -0.05) is 6.07 Å². The molecule has 6 heteroatoms. The Bertz CT molecular complexity index is 672. The predicted molar refractivity (Wildman–Crippen MR) is 103 cm³/mol. The van der Waals surface area contributed by atoms with Crippen molar-refractivity contribution < 1.29 is 0 Å². The van der Waals surface area contributed by atoms with E-state index in [1.54, 1.807) is 0 Å². The van der Waals surface area contributed by atoms with Gasteiger partial charge < -0.3 is 10.6 Å². The van der Waals surface area contributed by atoms with Crippen LogP contribution in [0, 0.1) is 20.8 Å². The molecule has 0 aliphatic heterocycles. The van der Waals surface area contributed by atoms with E-state index in [0.717, 1.165) is 56.4 Å². The summed E-state index contributed by atoms with van der Waals surface area (Å²) >= 11 is 0. The Morgan fingerprint density at radius 1 is 1.16 bits per heavy atom. The Morgan fingerprint density at radius 3 is 2.64 bits per heavy atom. The van der Waals surface area contributed by atoms with Crippen molar-refractivity contribution in [3.63, 3.8) is 0 Å². The Balaban J connectivity index is 1.75. The molecule has 0 radical (unpaired) electrons. The highest BCUT2D eigenvalue weighted by atomic mass is 15.3. The minimum Gasteiger partial charge on any atom is -0.357 e. The number of nitrogens with zero attached hydrogens (tertiary/aromatic N) is 4. The zero-order valence-electron chi connectivity index (χ0n) is 15.8. The molecule has 0 saturated heterocycles. The molecule has 6 nitrogen and oxygen atoms in total. The van der Waals surface area contributed by atoms with Gasteiger partial charge in [-0.3, -0.25) is 14.7 Å². The molecule has 0 spiro atoms. The zero-order valence-corrected chi connectivity index (χ0v) is 15.8. The number of aryl methyl sites for hydroxylation is 4. The topological polar surface area (TPSA) is 67.1 Å². The summed E-state index contributed by atoms with van der Waals surface area (Å²) in [6.07, 6.45) is 3.85. The van der Waals surface area contributed by atoms with Crippen LogP contribution in [-0.4, -0.2) is 40.4 Å². The molecule has 0 aliphatic carbocycles. The number of hydrogen-bond acceptors (Lipinski definition) is 3. The van der Waals surface area contributed by atoms with E-state index in [0.29, 0.717) is 0 Å². The number of guanidine groups is 1. The first kappa shape index (κ1) is 19.0. The van der Waals surface area contributed by atoms with Crippen LogP contribution < -0.4 is 10.6 Å². The Kier molecular flexibility index (Phi) is 7.44. The van der Waals surface area contributed by atoms with Crippen LogP contribution in [-0.2, 0) is 13.0 Å². The molecule has 0 aliphatic rings. The van der Waals surface area contributed by atoms with Crippen LogP contribution >= 0.6 is 0 Å². The highest BCUT2D eigenvalue weighted by Gasteiger charge is 2.01. The molecule has 0 saturated carbocycles. The summed E-state index contributed by atoms with van der Waals surface area (Å²) in [6, 6.07) is 6.28. The maximum Gasteiger partial charge on any atom is 0.191 e. The van der Waals surface area contributed by atoms with E-state index in [4.69, 9.17) is 0 Å². The summed E-state index contributed by atoms with van der Waals surface area (Å²) in [7, 11) is 0. The van der Waals surface area contributed by atoms with Gasteiger partial charge in [0, 0.05) is 43.8 Å². The SMILES string of the molecule is CCNC(=NCCCn1nc(C)cc1C)NCCc1ccc(C)nc1. The van der Waals surface area contributed by atoms with Gasteiger partial charge in [-0.05, 0) is 58.2 Å². The van der Waals surface area contributed by atoms with Crippen molar-refractivity contribution in [1.29, 1.82) is 0 Å². The second-order valence-corrected chi connectivity index (χ2v) is 6.25. The lowest BCUT2D eigenvalue weighted by Gasteiger charge is -2.11. The van der Waals surface area contributed by atoms with Gasteiger partial charge in [0.1, 0.15) is 0 Å². The molecule has 2 rings (SSSR count). The van der Waals surface area contributed by atoms with Crippen LogP contribution in [0.25, 0.3) is 0 Å². The van der Waals surface area contributed by atoms with Crippen LogP contribution in [0.15, 0.2) is 29.4 Å². The first-order valence-corrected chi connectivity index (χ1v) is 9.03. The van der Waals surface area contributed by atoms with E-state index in [2.05, 4.69) is 56.4 Å². The van der Waals surface area contributed by atoms with E-state index in [-0.39, 0.29) is 0 Å². The fraction of sp³-hybridized carbons (Fsp3) is 0.526. The van der Waals surface area contributed by atoms with Gasteiger partial charge in [0.2, 0.25) is 0 Å². The molecule has 2 aromatic rings. The third-order valence-electron chi connectivity index (χ3n) is 3.92. The number of nitrogens with one attached hydrogen (secondary N) is 2. The van der Waals surface area contributed by atoms with Crippen molar-refractivity contribution >= 4 is 5.96 Å². The van der Waals surface area contributed by atoms with Gasteiger partial charge in [0.05, 0.1) is 5.69 Å². The normalized spacial score (nSPS) is 11.6. The largest absolute Gasteiger partial charge is 0.357 e. The van der Waals surface area contributed by atoms with E-state index < -0.39 is 0 Å². The van der Waals surface area contributed by atoms with E-state index in [9.17, 15) is 0 Å². The van der Waals surface area contributed by atoms with Gasteiger partial charge in [-0.15, -0.1) is 0 Å². The van der Waals surface area contributed by atoms with Crippen molar-refractivity contribution in [2.75, 3.05) is 19.6 Å². The molecule has 0 bridgehead atoms. The van der Waals surface area contributed by atoms with Gasteiger partial charge in [-0.25, -0.2) is 0 Å². The average molecular weight is 342 g/mol. The smallest absolute Gasteiger partial charge is 0.191 e. The fourth-order valence-corrected chi connectivity index (χ4v) is 2.63. The van der Waals surface area contributed by atoms with E-state index >= 15 is 0 Å². The second kappa shape index (κ2) is 9.81.